The summed E-state index contributed by atoms with van der Waals surface area (Å²) in [6, 6.07) is 5.81. The molecule has 0 aliphatic carbocycles. The van der Waals surface area contributed by atoms with Gasteiger partial charge in [-0.05, 0) is 56.7 Å². The number of ether oxygens (including phenoxy) is 2. The Hall–Kier alpha value is -1.30. The fourth-order valence-corrected chi connectivity index (χ4v) is 3.26. The number of amides is 1. The van der Waals surface area contributed by atoms with Crippen molar-refractivity contribution in [3.8, 4) is 5.75 Å². The normalized spacial score (nSPS) is 21.2. The molecule has 0 aromatic heterocycles. The lowest BCUT2D eigenvalue weighted by molar-refractivity contribution is -0.118. The lowest BCUT2D eigenvalue weighted by atomic mass is 10.0. The second-order valence-electron chi connectivity index (χ2n) is 6.84. The highest BCUT2D eigenvalue weighted by atomic mass is 35.5. The molecule has 5 nitrogen and oxygen atoms in total. The molecule has 6 heteroatoms. The van der Waals surface area contributed by atoms with Crippen LogP contribution in [0.15, 0.2) is 18.2 Å². The fourth-order valence-electron chi connectivity index (χ4n) is 3.26. The van der Waals surface area contributed by atoms with Crippen LogP contribution in [0.2, 0.25) is 0 Å². The number of benzene rings is 1. The minimum atomic E-state index is -0.0772. The smallest absolute Gasteiger partial charge is 0.241 e. The van der Waals surface area contributed by atoms with Gasteiger partial charge in [0.05, 0.1) is 12.6 Å². The maximum absolute atomic E-state index is 12.3. The molecule has 0 radical (unpaired) electrons. The Balaban J connectivity index is 0.00000225. The molecule has 0 bridgehead atoms. The van der Waals surface area contributed by atoms with Crippen molar-refractivity contribution in [2.75, 3.05) is 31.7 Å². The number of aryl methyl sites for hydroxylation is 1. The van der Waals surface area contributed by atoms with Crippen molar-refractivity contribution in [2.45, 2.75) is 45.1 Å². The van der Waals surface area contributed by atoms with Crippen molar-refractivity contribution in [3.63, 3.8) is 0 Å². The Morgan fingerprint density at radius 1 is 1.28 bits per heavy atom. The van der Waals surface area contributed by atoms with E-state index in [9.17, 15) is 4.79 Å². The molecule has 2 aliphatic rings. The van der Waals surface area contributed by atoms with E-state index in [0.29, 0.717) is 12.5 Å². The first-order valence-corrected chi connectivity index (χ1v) is 9.08. The van der Waals surface area contributed by atoms with Gasteiger partial charge in [0, 0.05) is 25.0 Å². The first-order valence-electron chi connectivity index (χ1n) is 9.08. The summed E-state index contributed by atoms with van der Waals surface area (Å²) in [6.07, 6.45) is 5.29. The van der Waals surface area contributed by atoms with E-state index in [4.69, 9.17) is 9.47 Å². The van der Waals surface area contributed by atoms with Crippen molar-refractivity contribution < 1.29 is 14.3 Å². The Morgan fingerprint density at radius 2 is 2.08 bits per heavy atom. The zero-order valence-corrected chi connectivity index (χ0v) is 15.7. The molecule has 2 saturated heterocycles. The first-order chi connectivity index (χ1) is 11.7. The van der Waals surface area contributed by atoms with Gasteiger partial charge in [0.1, 0.15) is 5.75 Å². The summed E-state index contributed by atoms with van der Waals surface area (Å²) in [5, 5.41) is 6.29. The minimum absolute atomic E-state index is 0. The molecular formula is C19H29ClN2O3. The maximum atomic E-state index is 12.3. The van der Waals surface area contributed by atoms with Gasteiger partial charge in [0.2, 0.25) is 5.91 Å². The summed E-state index contributed by atoms with van der Waals surface area (Å²) in [5.41, 5.74) is 1.90. The molecule has 2 fully saturated rings. The first kappa shape index (κ1) is 20.0. The van der Waals surface area contributed by atoms with Crippen LogP contribution in [0.1, 0.15) is 37.7 Å². The van der Waals surface area contributed by atoms with Crippen LogP contribution in [0.3, 0.4) is 0 Å². The molecule has 2 aliphatic heterocycles. The van der Waals surface area contributed by atoms with Crippen molar-refractivity contribution in [2.24, 2.45) is 5.92 Å². The summed E-state index contributed by atoms with van der Waals surface area (Å²) in [6.45, 7) is 5.33. The van der Waals surface area contributed by atoms with Gasteiger partial charge in [-0.25, -0.2) is 0 Å². The minimum Gasteiger partial charge on any atom is -0.493 e. The van der Waals surface area contributed by atoms with Crippen LogP contribution in [-0.4, -0.2) is 38.3 Å². The van der Waals surface area contributed by atoms with Crippen LogP contribution in [-0.2, 0) is 9.53 Å². The number of nitrogens with one attached hydrogen (secondary N) is 2. The number of anilines is 1. The second-order valence-corrected chi connectivity index (χ2v) is 6.84. The van der Waals surface area contributed by atoms with Crippen LogP contribution in [0.5, 0.6) is 5.75 Å². The fraction of sp³-hybridized carbons (Fsp3) is 0.632. The maximum Gasteiger partial charge on any atom is 0.241 e. The number of carbonyl (C=O) groups is 1. The Kier molecular flexibility index (Phi) is 8.00. The van der Waals surface area contributed by atoms with Gasteiger partial charge >= 0.3 is 0 Å². The third-order valence-corrected chi connectivity index (χ3v) is 4.90. The number of hydrogen-bond acceptors (Lipinski definition) is 4. The molecule has 3 rings (SSSR count). The van der Waals surface area contributed by atoms with E-state index in [-0.39, 0.29) is 24.4 Å². The van der Waals surface area contributed by atoms with Crippen molar-refractivity contribution >= 4 is 24.0 Å². The van der Waals surface area contributed by atoms with Gasteiger partial charge in [-0.15, -0.1) is 12.4 Å². The van der Waals surface area contributed by atoms with Crippen molar-refractivity contribution in [1.82, 2.24) is 5.32 Å². The van der Waals surface area contributed by atoms with E-state index in [1.54, 1.807) is 0 Å². The van der Waals surface area contributed by atoms with Gasteiger partial charge in [0.25, 0.3) is 0 Å². The lowest BCUT2D eigenvalue weighted by Gasteiger charge is -2.23. The Labute approximate surface area is 156 Å². The van der Waals surface area contributed by atoms with E-state index >= 15 is 0 Å². The molecule has 25 heavy (non-hydrogen) atoms. The van der Waals surface area contributed by atoms with Crippen molar-refractivity contribution in [1.29, 1.82) is 0 Å². The summed E-state index contributed by atoms with van der Waals surface area (Å²) < 4.78 is 11.4. The average Bonchev–Trinajstić information content (AvgIpc) is 2.63. The Morgan fingerprint density at radius 3 is 2.80 bits per heavy atom. The largest absolute Gasteiger partial charge is 0.493 e. The van der Waals surface area contributed by atoms with Crippen LogP contribution >= 0.6 is 12.4 Å². The molecule has 1 aromatic rings. The van der Waals surface area contributed by atoms with Gasteiger partial charge in [0.15, 0.2) is 0 Å². The highest BCUT2D eigenvalue weighted by molar-refractivity contribution is 5.95. The number of halogens is 1. The molecule has 1 aromatic carbocycles. The number of piperidine rings is 1. The number of rotatable bonds is 5. The zero-order valence-electron chi connectivity index (χ0n) is 14.9. The van der Waals surface area contributed by atoms with Gasteiger partial charge in [-0.3, -0.25) is 4.79 Å². The van der Waals surface area contributed by atoms with E-state index in [1.165, 1.54) is 0 Å². The average molecular weight is 369 g/mol. The summed E-state index contributed by atoms with van der Waals surface area (Å²) in [4.78, 5) is 12.3. The molecule has 0 saturated carbocycles. The van der Waals surface area contributed by atoms with Gasteiger partial charge < -0.3 is 20.1 Å². The lowest BCUT2D eigenvalue weighted by Crippen LogP contribution is -2.43. The predicted octanol–water partition coefficient (Wildman–Crippen LogP) is 3.30. The summed E-state index contributed by atoms with van der Waals surface area (Å²) in [5.74, 6) is 1.47. The molecule has 0 spiro atoms. The number of carbonyl (C=O) groups excluding carboxylic acids is 1. The van der Waals surface area contributed by atoms with Crippen LogP contribution < -0.4 is 15.4 Å². The molecule has 1 amide bonds. The van der Waals surface area contributed by atoms with Crippen molar-refractivity contribution in [3.05, 3.63) is 23.8 Å². The quantitative estimate of drug-likeness (QED) is 0.837. The molecule has 2 heterocycles. The third-order valence-electron chi connectivity index (χ3n) is 4.90. The van der Waals surface area contributed by atoms with E-state index in [0.717, 1.165) is 68.9 Å². The molecular weight excluding hydrogens is 340 g/mol. The van der Waals surface area contributed by atoms with Crippen LogP contribution in [0, 0.1) is 12.8 Å². The Bertz CT molecular complexity index is 556. The highest BCUT2D eigenvalue weighted by Crippen LogP contribution is 2.25. The number of hydrogen-bond donors (Lipinski definition) is 2. The molecule has 1 atom stereocenters. The second kappa shape index (κ2) is 10.00. The standard InChI is InChI=1S/C19H28N2O3.ClH/c1-14-5-6-16(21-19(22)17-4-2-3-9-20-17)12-18(14)24-13-15-7-10-23-11-8-15;/h5-6,12,15,17,20H,2-4,7-11,13H2,1H3,(H,21,22);1H/t17-;/m0./s1. The monoisotopic (exact) mass is 368 g/mol. The van der Waals surface area contributed by atoms with E-state index in [1.807, 2.05) is 25.1 Å². The van der Waals surface area contributed by atoms with E-state index in [2.05, 4.69) is 10.6 Å². The third kappa shape index (κ3) is 5.87. The highest BCUT2D eigenvalue weighted by Gasteiger charge is 2.21. The molecule has 2 N–H and O–H groups in total. The van der Waals surface area contributed by atoms with Gasteiger partial charge in [-0.2, -0.15) is 0 Å². The molecule has 0 unspecified atom stereocenters. The van der Waals surface area contributed by atoms with E-state index < -0.39 is 0 Å². The molecule has 140 valence electrons. The SMILES string of the molecule is Cc1ccc(NC(=O)[C@@H]2CCCCN2)cc1OCC1CCOCC1.Cl. The topological polar surface area (TPSA) is 59.6 Å². The summed E-state index contributed by atoms with van der Waals surface area (Å²) in [7, 11) is 0. The van der Waals surface area contributed by atoms with Crippen LogP contribution in [0.25, 0.3) is 0 Å². The van der Waals surface area contributed by atoms with Crippen LogP contribution in [0.4, 0.5) is 5.69 Å². The predicted molar refractivity (Wildman–Crippen MR) is 102 cm³/mol. The van der Waals surface area contributed by atoms with Gasteiger partial charge in [-0.1, -0.05) is 12.5 Å². The summed E-state index contributed by atoms with van der Waals surface area (Å²) >= 11 is 0. The zero-order chi connectivity index (χ0) is 16.8.